The van der Waals surface area contributed by atoms with Gasteiger partial charge in [-0.25, -0.2) is 0 Å². The second-order valence-corrected chi connectivity index (χ2v) is 14.9. The van der Waals surface area contributed by atoms with Crippen LogP contribution >= 0.6 is 0 Å². The number of amides is 3. The second-order valence-electron chi connectivity index (χ2n) is 14.9. The van der Waals surface area contributed by atoms with E-state index in [4.69, 9.17) is 5.73 Å². The Morgan fingerprint density at radius 3 is 1.75 bits per heavy atom. The topological polar surface area (TPSA) is 133 Å². The molecule has 51 heavy (non-hydrogen) atoms. The molecule has 8 heteroatoms. The van der Waals surface area contributed by atoms with E-state index in [1.807, 2.05) is 126 Å². The first-order valence-corrected chi connectivity index (χ1v) is 18.5. The Bertz CT molecular complexity index is 1680. The number of carbonyl (C=O) groups excluding carboxylic acids is 3. The summed E-state index contributed by atoms with van der Waals surface area (Å²) < 4.78 is 0. The molecule has 8 nitrogen and oxygen atoms in total. The molecule has 0 saturated carbocycles. The van der Waals surface area contributed by atoms with Crippen LogP contribution in [0.1, 0.15) is 71.9 Å². The van der Waals surface area contributed by atoms with E-state index in [-0.39, 0.29) is 37.2 Å². The molecule has 274 valence electrons. The molecule has 0 bridgehead atoms. The summed E-state index contributed by atoms with van der Waals surface area (Å²) in [7, 11) is 0. The molecular weight excluding hydrogens is 638 g/mol. The molecule has 0 saturated heterocycles. The van der Waals surface area contributed by atoms with E-state index in [2.05, 4.69) is 5.32 Å². The van der Waals surface area contributed by atoms with Gasteiger partial charge in [-0.05, 0) is 69.7 Å². The normalized spacial score (nSPS) is 14.8. The van der Waals surface area contributed by atoms with Crippen molar-refractivity contribution in [2.45, 2.75) is 97.9 Å². The van der Waals surface area contributed by atoms with Crippen molar-refractivity contribution < 1.29 is 24.6 Å². The lowest BCUT2D eigenvalue weighted by molar-refractivity contribution is -0.156. The van der Waals surface area contributed by atoms with Crippen LogP contribution in [-0.4, -0.2) is 63.7 Å². The number of hydrogen-bond acceptors (Lipinski definition) is 6. The van der Waals surface area contributed by atoms with Gasteiger partial charge in [-0.15, -0.1) is 0 Å². The number of aliphatic hydroxyl groups excluding tert-OH is 2. The van der Waals surface area contributed by atoms with E-state index in [9.17, 15) is 19.8 Å². The van der Waals surface area contributed by atoms with Gasteiger partial charge in [0.2, 0.25) is 17.7 Å². The van der Waals surface area contributed by atoms with Crippen LogP contribution in [0.3, 0.4) is 0 Å². The van der Waals surface area contributed by atoms with Gasteiger partial charge in [-0.2, -0.15) is 0 Å². The summed E-state index contributed by atoms with van der Waals surface area (Å²) in [5, 5.41) is 28.8. The quantitative estimate of drug-likeness (QED) is 0.101. The molecule has 0 spiro atoms. The van der Waals surface area contributed by atoms with Crippen LogP contribution in [0.2, 0.25) is 0 Å². The summed E-state index contributed by atoms with van der Waals surface area (Å²) in [6.45, 7) is 11.3. The van der Waals surface area contributed by atoms with Crippen LogP contribution in [0.4, 0.5) is 0 Å². The van der Waals surface area contributed by atoms with E-state index >= 15 is 4.79 Å². The van der Waals surface area contributed by atoms with Crippen molar-refractivity contribution in [2.24, 2.45) is 29.4 Å². The Hall–Kier alpha value is -4.11. The van der Waals surface area contributed by atoms with Crippen molar-refractivity contribution in [1.82, 2.24) is 10.2 Å². The van der Waals surface area contributed by atoms with Crippen molar-refractivity contribution in [3.8, 4) is 0 Å². The largest absolute Gasteiger partial charge is 0.394 e. The fourth-order valence-electron chi connectivity index (χ4n) is 6.96. The second kappa shape index (κ2) is 18.4. The van der Waals surface area contributed by atoms with Gasteiger partial charge in [0.1, 0.15) is 0 Å². The smallest absolute Gasteiger partial charge is 0.246 e. The van der Waals surface area contributed by atoms with Gasteiger partial charge in [0.05, 0.1) is 37.3 Å². The van der Waals surface area contributed by atoms with Gasteiger partial charge < -0.3 is 21.3 Å². The van der Waals surface area contributed by atoms with E-state index in [1.54, 1.807) is 0 Å². The highest BCUT2D eigenvalue weighted by molar-refractivity contribution is 6.00. The molecule has 0 radical (unpaired) electrons. The van der Waals surface area contributed by atoms with Crippen LogP contribution < -0.4 is 11.1 Å². The van der Waals surface area contributed by atoms with Gasteiger partial charge in [-0.3, -0.25) is 19.3 Å². The molecule has 0 aromatic heterocycles. The molecule has 4 aromatic carbocycles. The predicted octanol–water partition coefficient (Wildman–Crippen LogP) is 6.42. The third-order valence-electron chi connectivity index (χ3n) is 10.3. The molecular formula is C43H57N3O5. The summed E-state index contributed by atoms with van der Waals surface area (Å²) in [6, 6.07) is 25.7. The predicted molar refractivity (Wildman–Crippen MR) is 206 cm³/mol. The van der Waals surface area contributed by atoms with Crippen LogP contribution in [0, 0.1) is 23.7 Å². The summed E-state index contributed by atoms with van der Waals surface area (Å²) in [6.07, 6.45) is 0.0374. The van der Waals surface area contributed by atoms with Crippen LogP contribution in [0.25, 0.3) is 21.5 Å². The lowest BCUT2D eigenvalue weighted by Crippen LogP contribution is -2.59. The lowest BCUT2D eigenvalue weighted by Gasteiger charge is -2.38. The highest BCUT2D eigenvalue weighted by atomic mass is 16.3. The van der Waals surface area contributed by atoms with Crippen molar-refractivity contribution >= 4 is 39.3 Å². The zero-order chi connectivity index (χ0) is 37.2. The highest BCUT2D eigenvalue weighted by Gasteiger charge is 2.41. The first kappa shape index (κ1) is 39.7. The Kier molecular flexibility index (Phi) is 14.3. The molecule has 3 amide bonds. The Balaban J connectivity index is 1.81. The minimum absolute atomic E-state index is 0.0222. The first-order valence-electron chi connectivity index (χ1n) is 18.5. The Labute approximate surface area is 303 Å². The zero-order valence-electron chi connectivity index (χ0n) is 31.1. The van der Waals surface area contributed by atoms with E-state index < -0.39 is 47.9 Å². The van der Waals surface area contributed by atoms with Crippen molar-refractivity contribution in [1.29, 1.82) is 0 Å². The van der Waals surface area contributed by atoms with Crippen molar-refractivity contribution in [3.63, 3.8) is 0 Å². The maximum absolute atomic E-state index is 15.3. The number of nitrogens with one attached hydrogen (secondary N) is 1. The van der Waals surface area contributed by atoms with E-state index in [0.29, 0.717) is 12.8 Å². The molecule has 4 aromatic rings. The number of fused-ring (bicyclic) bond motifs is 2. The monoisotopic (exact) mass is 695 g/mol. The maximum Gasteiger partial charge on any atom is 0.246 e. The summed E-state index contributed by atoms with van der Waals surface area (Å²) in [5.74, 6) is -2.40. The number of aliphatic hydroxyl groups is 2. The SMILES string of the molecule is CC[C@H](C)[C@@H](CO)NC(=O)C[C@H](O)[C@H](CC(C)C)N(C(=O)C(Cc1cccc2ccccc12)Cc1cccc2ccccc12)C(=O)[C@@H](N)C(C)C. The van der Waals surface area contributed by atoms with Crippen LogP contribution in [-0.2, 0) is 27.2 Å². The average molecular weight is 696 g/mol. The van der Waals surface area contributed by atoms with Gasteiger partial charge in [0.25, 0.3) is 0 Å². The molecule has 0 heterocycles. The molecule has 5 atom stereocenters. The van der Waals surface area contributed by atoms with Gasteiger partial charge in [0, 0.05) is 5.92 Å². The third-order valence-corrected chi connectivity index (χ3v) is 10.3. The standard InChI is InChI=1S/C43H57N3O5/c1-7-29(6)37(26-47)45-40(49)25-39(48)38(22-27(2)3)46(43(51)41(44)28(4)5)42(50)34(23-32-18-12-16-30-14-8-10-20-35(30)32)24-33-19-13-17-31-15-9-11-21-36(31)33/h8-21,27-29,34,37-39,41,47-48H,7,22-26,44H2,1-6H3,(H,45,49)/t29-,37+,38-,39-,41-/m0/s1. The van der Waals surface area contributed by atoms with Gasteiger partial charge in [0.15, 0.2) is 0 Å². The lowest BCUT2D eigenvalue weighted by atomic mass is 9.86. The molecule has 4 rings (SSSR count). The molecule has 0 fully saturated rings. The number of benzene rings is 4. The molecule has 5 N–H and O–H groups in total. The summed E-state index contributed by atoms with van der Waals surface area (Å²) in [5.41, 5.74) is 8.48. The fourth-order valence-corrected chi connectivity index (χ4v) is 6.96. The molecule has 0 aliphatic rings. The number of imide groups is 1. The molecule has 0 aliphatic heterocycles. The first-order chi connectivity index (χ1) is 24.4. The van der Waals surface area contributed by atoms with E-state index in [0.717, 1.165) is 39.1 Å². The Morgan fingerprint density at radius 1 is 0.765 bits per heavy atom. The minimum atomic E-state index is -1.35. The number of nitrogens with zero attached hydrogens (tertiary/aromatic N) is 1. The van der Waals surface area contributed by atoms with Crippen molar-refractivity contribution in [3.05, 3.63) is 96.1 Å². The minimum Gasteiger partial charge on any atom is -0.394 e. The average Bonchev–Trinajstić information content (AvgIpc) is 3.12. The van der Waals surface area contributed by atoms with Crippen molar-refractivity contribution in [2.75, 3.05) is 6.61 Å². The fraction of sp³-hybridized carbons (Fsp3) is 0.465. The summed E-state index contributed by atoms with van der Waals surface area (Å²) >= 11 is 0. The van der Waals surface area contributed by atoms with Crippen LogP contribution in [0.5, 0.6) is 0 Å². The molecule has 0 aliphatic carbocycles. The highest BCUT2D eigenvalue weighted by Crippen LogP contribution is 2.30. The van der Waals surface area contributed by atoms with Crippen LogP contribution in [0.15, 0.2) is 84.9 Å². The summed E-state index contributed by atoms with van der Waals surface area (Å²) in [4.78, 5) is 44.2. The van der Waals surface area contributed by atoms with Gasteiger partial charge >= 0.3 is 0 Å². The van der Waals surface area contributed by atoms with Gasteiger partial charge in [-0.1, -0.05) is 133 Å². The third kappa shape index (κ3) is 10.0. The molecule has 0 unspecified atom stereocenters. The number of hydrogen-bond donors (Lipinski definition) is 4. The zero-order valence-corrected chi connectivity index (χ0v) is 31.1. The maximum atomic E-state index is 15.3. The number of rotatable bonds is 17. The van der Waals surface area contributed by atoms with E-state index in [1.165, 1.54) is 4.90 Å². The Morgan fingerprint density at radius 2 is 1.27 bits per heavy atom. The number of carbonyl (C=O) groups is 3. The number of nitrogens with two attached hydrogens (primary N) is 1.